The summed E-state index contributed by atoms with van der Waals surface area (Å²) in [6, 6.07) is 11.7. The maximum atomic E-state index is 10.5. The Morgan fingerprint density at radius 2 is 1.73 bits per heavy atom. The molecule has 1 aromatic heterocycles. The van der Waals surface area contributed by atoms with Crippen LogP contribution in [0.15, 0.2) is 48.8 Å². The SMILES string of the molecule is OC(c1ccc(Cl)cc1)C1CCN(Cc2ccncc2)CC1. The summed E-state index contributed by atoms with van der Waals surface area (Å²) >= 11 is 5.91. The predicted molar refractivity (Wildman–Crippen MR) is 88.6 cm³/mol. The molecule has 116 valence electrons. The monoisotopic (exact) mass is 316 g/mol. The van der Waals surface area contributed by atoms with E-state index in [1.54, 1.807) is 0 Å². The van der Waals surface area contributed by atoms with Crippen molar-refractivity contribution in [2.75, 3.05) is 13.1 Å². The summed E-state index contributed by atoms with van der Waals surface area (Å²) in [4.78, 5) is 6.50. The van der Waals surface area contributed by atoms with Gasteiger partial charge in [0.25, 0.3) is 0 Å². The first kappa shape index (κ1) is 15.5. The number of piperidine rings is 1. The minimum absolute atomic E-state index is 0.329. The number of pyridine rings is 1. The van der Waals surface area contributed by atoms with Gasteiger partial charge in [0, 0.05) is 24.0 Å². The maximum Gasteiger partial charge on any atom is 0.0819 e. The number of benzene rings is 1. The molecule has 2 aromatic rings. The van der Waals surface area contributed by atoms with E-state index in [4.69, 9.17) is 11.6 Å². The van der Waals surface area contributed by atoms with Crippen molar-refractivity contribution in [3.05, 3.63) is 64.9 Å². The highest BCUT2D eigenvalue weighted by Crippen LogP contribution is 2.31. The zero-order chi connectivity index (χ0) is 15.4. The zero-order valence-corrected chi connectivity index (χ0v) is 13.3. The van der Waals surface area contributed by atoms with Gasteiger partial charge in [-0.15, -0.1) is 0 Å². The second-order valence-corrected chi connectivity index (χ2v) is 6.40. The van der Waals surface area contributed by atoms with Gasteiger partial charge in [0.1, 0.15) is 0 Å². The fourth-order valence-corrected chi connectivity index (χ4v) is 3.23. The van der Waals surface area contributed by atoms with Crippen LogP contribution in [0.4, 0.5) is 0 Å². The molecule has 4 heteroatoms. The Balaban J connectivity index is 1.54. The molecule has 0 aliphatic carbocycles. The Kier molecular flexibility index (Phi) is 5.08. The van der Waals surface area contributed by atoms with E-state index >= 15 is 0 Å². The number of nitrogens with zero attached hydrogens (tertiary/aromatic N) is 2. The van der Waals surface area contributed by atoms with Gasteiger partial charge < -0.3 is 5.11 Å². The number of rotatable bonds is 4. The van der Waals surface area contributed by atoms with Crippen molar-refractivity contribution < 1.29 is 5.11 Å². The van der Waals surface area contributed by atoms with Crippen LogP contribution in [0.2, 0.25) is 5.02 Å². The van der Waals surface area contributed by atoms with Gasteiger partial charge in [0.2, 0.25) is 0 Å². The van der Waals surface area contributed by atoms with Crippen LogP contribution in [0, 0.1) is 5.92 Å². The molecule has 1 aliphatic rings. The smallest absolute Gasteiger partial charge is 0.0819 e. The van der Waals surface area contributed by atoms with Crippen LogP contribution in [0.5, 0.6) is 0 Å². The molecule has 1 atom stereocenters. The number of aliphatic hydroxyl groups is 1. The Morgan fingerprint density at radius 1 is 1.09 bits per heavy atom. The normalized spacial score (nSPS) is 18.3. The lowest BCUT2D eigenvalue weighted by molar-refractivity contribution is 0.0568. The second kappa shape index (κ2) is 7.23. The van der Waals surface area contributed by atoms with E-state index in [1.807, 2.05) is 36.7 Å². The molecule has 1 unspecified atom stereocenters. The van der Waals surface area contributed by atoms with E-state index in [9.17, 15) is 5.11 Å². The van der Waals surface area contributed by atoms with Gasteiger partial charge in [-0.3, -0.25) is 9.88 Å². The number of hydrogen-bond acceptors (Lipinski definition) is 3. The van der Waals surface area contributed by atoms with Crippen molar-refractivity contribution in [3.8, 4) is 0 Å². The number of halogens is 1. The van der Waals surface area contributed by atoms with Gasteiger partial charge in [-0.1, -0.05) is 23.7 Å². The predicted octanol–water partition coefficient (Wildman–Crippen LogP) is 3.68. The average Bonchev–Trinajstić information content (AvgIpc) is 2.57. The van der Waals surface area contributed by atoms with Crippen LogP contribution >= 0.6 is 11.6 Å². The van der Waals surface area contributed by atoms with Crippen LogP contribution in [0.25, 0.3) is 0 Å². The van der Waals surface area contributed by atoms with E-state index in [-0.39, 0.29) is 6.10 Å². The number of hydrogen-bond donors (Lipinski definition) is 1. The van der Waals surface area contributed by atoms with Crippen LogP contribution < -0.4 is 0 Å². The molecule has 3 nitrogen and oxygen atoms in total. The summed E-state index contributed by atoms with van der Waals surface area (Å²) in [5, 5.41) is 11.3. The van der Waals surface area contributed by atoms with Crippen molar-refractivity contribution in [2.45, 2.75) is 25.5 Å². The largest absolute Gasteiger partial charge is 0.388 e. The maximum absolute atomic E-state index is 10.5. The van der Waals surface area contributed by atoms with Gasteiger partial charge in [-0.05, 0) is 67.2 Å². The first-order chi connectivity index (χ1) is 10.7. The lowest BCUT2D eigenvalue weighted by atomic mass is 9.87. The Hall–Kier alpha value is -1.42. The molecule has 1 saturated heterocycles. The second-order valence-electron chi connectivity index (χ2n) is 5.97. The summed E-state index contributed by atoms with van der Waals surface area (Å²) in [5.41, 5.74) is 2.27. The molecule has 2 heterocycles. The Morgan fingerprint density at radius 3 is 2.36 bits per heavy atom. The molecule has 0 spiro atoms. The third-order valence-electron chi connectivity index (χ3n) is 4.45. The molecule has 0 radical (unpaired) electrons. The van der Waals surface area contributed by atoms with Crippen LogP contribution in [0.3, 0.4) is 0 Å². The van der Waals surface area contributed by atoms with Crippen molar-refractivity contribution in [1.82, 2.24) is 9.88 Å². The van der Waals surface area contributed by atoms with Crippen LogP contribution in [-0.4, -0.2) is 28.1 Å². The molecule has 3 rings (SSSR count). The standard InChI is InChI=1S/C18H21ClN2O/c19-17-3-1-15(2-4-17)18(22)16-7-11-21(12-8-16)13-14-5-9-20-10-6-14/h1-6,9-10,16,18,22H,7-8,11-13H2. The molecule has 0 saturated carbocycles. The van der Waals surface area contributed by atoms with Crippen molar-refractivity contribution in [2.24, 2.45) is 5.92 Å². The third kappa shape index (κ3) is 3.86. The minimum Gasteiger partial charge on any atom is -0.388 e. The lowest BCUT2D eigenvalue weighted by Crippen LogP contribution is -2.35. The average molecular weight is 317 g/mol. The fourth-order valence-electron chi connectivity index (χ4n) is 3.11. The van der Waals surface area contributed by atoms with Crippen LogP contribution in [0.1, 0.15) is 30.1 Å². The highest BCUT2D eigenvalue weighted by Gasteiger charge is 2.26. The van der Waals surface area contributed by atoms with Gasteiger partial charge in [-0.2, -0.15) is 0 Å². The Labute approximate surface area is 136 Å². The van der Waals surface area contributed by atoms with E-state index in [1.165, 1.54) is 5.56 Å². The van der Waals surface area contributed by atoms with Crippen molar-refractivity contribution in [3.63, 3.8) is 0 Å². The summed E-state index contributed by atoms with van der Waals surface area (Å²) in [5.74, 6) is 0.329. The molecule has 0 amide bonds. The van der Waals surface area contributed by atoms with Gasteiger partial charge >= 0.3 is 0 Å². The summed E-state index contributed by atoms with van der Waals surface area (Å²) in [6.45, 7) is 3.02. The van der Waals surface area contributed by atoms with E-state index in [0.29, 0.717) is 10.9 Å². The third-order valence-corrected chi connectivity index (χ3v) is 4.70. The number of aromatic nitrogens is 1. The topological polar surface area (TPSA) is 36.4 Å². The molecule has 0 bridgehead atoms. The molecule has 22 heavy (non-hydrogen) atoms. The molecule has 1 aliphatic heterocycles. The van der Waals surface area contributed by atoms with Gasteiger partial charge in [0.05, 0.1) is 6.10 Å². The van der Waals surface area contributed by atoms with E-state index < -0.39 is 0 Å². The minimum atomic E-state index is -0.389. The number of likely N-dealkylation sites (tertiary alicyclic amines) is 1. The zero-order valence-electron chi connectivity index (χ0n) is 12.5. The van der Waals surface area contributed by atoms with E-state index in [0.717, 1.165) is 38.0 Å². The summed E-state index contributed by atoms with van der Waals surface area (Å²) in [7, 11) is 0. The van der Waals surface area contributed by atoms with E-state index in [2.05, 4.69) is 22.0 Å². The first-order valence-corrected chi connectivity index (χ1v) is 8.15. The lowest BCUT2D eigenvalue weighted by Gasteiger charge is -2.34. The Bertz CT molecular complexity index is 580. The van der Waals surface area contributed by atoms with Gasteiger partial charge in [-0.25, -0.2) is 0 Å². The van der Waals surface area contributed by atoms with Crippen molar-refractivity contribution in [1.29, 1.82) is 0 Å². The molecule has 1 N–H and O–H groups in total. The highest BCUT2D eigenvalue weighted by atomic mass is 35.5. The first-order valence-electron chi connectivity index (χ1n) is 7.77. The molecular formula is C18H21ClN2O. The quantitative estimate of drug-likeness (QED) is 0.934. The molecular weight excluding hydrogens is 296 g/mol. The highest BCUT2D eigenvalue weighted by molar-refractivity contribution is 6.30. The fraction of sp³-hybridized carbons (Fsp3) is 0.389. The summed E-state index contributed by atoms with van der Waals surface area (Å²) in [6.07, 6.45) is 5.34. The molecule has 1 fully saturated rings. The van der Waals surface area contributed by atoms with Gasteiger partial charge in [0.15, 0.2) is 0 Å². The van der Waals surface area contributed by atoms with Crippen molar-refractivity contribution >= 4 is 11.6 Å². The van der Waals surface area contributed by atoms with Crippen LogP contribution in [-0.2, 0) is 6.54 Å². The number of aliphatic hydroxyl groups excluding tert-OH is 1. The summed E-state index contributed by atoms with van der Waals surface area (Å²) < 4.78 is 0. The molecule has 1 aromatic carbocycles.